The third-order valence-electron chi connectivity index (χ3n) is 3.61. The van der Waals surface area contributed by atoms with E-state index in [1.165, 1.54) is 31.2 Å². The Morgan fingerprint density at radius 2 is 1.80 bits per heavy atom. The summed E-state index contributed by atoms with van der Waals surface area (Å²) in [6.45, 7) is 1.70. The molecule has 1 saturated carbocycles. The van der Waals surface area contributed by atoms with E-state index in [0.29, 0.717) is 11.7 Å². The molecule has 0 saturated heterocycles. The van der Waals surface area contributed by atoms with Gasteiger partial charge in [0.05, 0.1) is 0 Å². The van der Waals surface area contributed by atoms with Gasteiger partial charge in [-0.1, -0.05) is 62.8 Å². The van der Waals surface area contributed by atoms with E-state index in [2.05, 4.69) is 24.3 Å². The molecule has 0 bridgehead atoms. The van der Waals surface area contributed by atoms with Crippen LogP contribution in [0.4, 0.5) is 0 Å². The first kappa shape index (κ1) is 10.8. The Labute approximate surface area is 92.6 Å². The highest BCUT2D eigenvalue weighted by molar-refractivity contribution is 6.50. The lowest BCUT2D eigenvalue weighted by Gasteiger charge is -2.24. The van der Waals surface area contributed by atoms with Crippen molar-refractivity contribution in [2.24, 2.45) is 5.92 Å². The molecule has 1 unspecified atom stereocenters. The minimum Gasteiger partial charge on any atom is -0.450 e. The van der Waals surface area contributed by atoms with Crippen LogP contribution in [0, 0.1) is 5.92 Å². The van der Waals surface area contributed by atoms with Gasteiger partial charge in [0.2, 0.25) is 0 Å². The van der Waals surface area contributed by atoms with Crippen molar-refractivity contribution in [2.45, 2.75) is 38.3 Å². The van der Waals surface area contributed by atoms with Crippen molar-refractivity contribution >= 4 is 6.92 Å². The van der Waals surface area contributed by atoms with Gasteiger partial charge in [-0.3, -0.25) is 0 Å². The van der Waals surface area contributed by atoms with Crippen molar-refractivity contribution in [1.82, 2.24) is 0 Å². The smallest absolute Gasteiger partial charge is 0.293 e. The fourth-order valence-electron chi connectivity index (χ4n) is 2.94. The van der Waals surface area contributed by atoms with Gasteiger partial charge in [0.1, 0.15) is 0 Å². The van der Waals surface area contributed by atoms with E-state index in [9.17, 15) is 5.02 Å². The molecule has 0 spiro atoms. The molecule has 0 amide bonds. The van der Waals surface area contributed by atoms with E-state index in [0.717, 1.165) is 0 Å². The monoisotopic (exact) mass is 202 g/mol. The molecular weight excluding hydrogens is 183 g/mol. The fourth-order valence-corrected chi connectivity index (χ4v) is 2.94. The van der Waals surface area contributed by atoms with Crippen LogP contribution < -0.4 is 0 Å². The van der Waals surface area contributed by atoms with Crippen LogP contribution in [-0.4, -0.2) is 11.9 Å². The molecule has 1 N–H and O–H groups in total. The zero-order chi connectivity index (χ0) is 10.7. The third-order valence-corrected chi connectivity index (χ3v) is 3.61. The summed E-state index contributed by atoms with van der Waals surface area (Å²) in [5, 5.41) is 9.93. The van der Waals surface area contributed by atoms with Crippen molar-refractivity contribution < 1.29 is 5.02 Å². The van der Waals surface area contributed by atoms with Crippen molar-refractivity contribution in [2.75, 3.05) is 0 Å². The molecule has 1 nitrogen and oxygen atoms in total. The highest BCUT2D eigenvalue weighted by Gasteiger charge is 2.31. The highest BCUT2D eigenvalue weighted by atomic mass is 16.2. The number of hydrogen-bond acceptors (Lipinski definition) is 1. The molecule has 1 aromatic rings. The largest absolute Gasteiger partial charge is 0.450 e. The fraction of sp³-hybridized carbons (Fsp3) is 0.538. The quantitative estimate of drug-likeness (QED) is 0.746. The molecule has 0 aromatic heterocycles. The van der Waals surface area contributed by atoms with Gasteiger partial charge >= 0.3 is 0 Å². The molecule has 0 radical (unpaired) electrons. The normalized spacial score (nSPS) is 19.1. The summed E-state index contributed by atoms with van der Waals surface area (Å²) in [7, 11) is 0. The maximum Gasteiger partial charge on any atom is 0.293 e. The van der Waals surface area contributed by atoms with Gasteiger partial charge in [-0.25, -0.2) is 0 Å². The number of benzene rings is 1. The van der Waals surface area contributed by atoms with Crippen LogP contribution in [0.15, 0.2) is 30.3 Å². The SMILES string of the molecule is CB(O)C(c1ccccc1)C1CCCC1. The van der Waals surface area contributed by atoms with Gasteiger partial charge in [-0.05, 0) is 17.3 Å². The lowest BCUT2D eigenvalue weighted by molar-refractivity contribution is 0.463. The number of hydrogen-bond donors (Lipinski definition) is 1. The van der Waals surface area contributed by atoms with E-state index in [-0.39, 0.29) is 6.92 Å². The zero-order valence-corrected chi connectivity index (χ0v) is 9.39. The summed E-state index contributed by atoms with van der Waals surface area (Å²) < 4.78 is 0. The van der Waals surface area contributed by atoms with Crippen LogP contribution in [0.2, 0.25) is 6.82 Å². The van der Waals surface area contributed by atoms with E-state index >= 15 is 0 Å². The average Bonchev–Trinajstić information content (AvgIpc) is 2.72. The summed E-state index contributed by atoms with van der Waals surface area (Å²) in [6.07, 6.45) is 5.23. The Balaban J connectivity index is 2.19. The summed E-state index contributed by atoms with van der Waals surface area (Å²) in [4.78, 5) is 0. The van der Waals surface area contributed by atoms with E-state index in [4.69, 9.17) is 0 Å². The second-order valence-electron chi connectivity index (χ2n) is 4.72. The second-order valence-corrected chi connectivity index (χ2v) is 4.72. The Morgan fingerprint density at radius 3 is 2.33 bits per heavy atom. The number of rotatable bonds is 3. The first-order valence-corrected chi connectivity index (χ1v) is 6.02. The lowest BCUT2D eigenvalue weighted by atomic mass is 9.51. The van der Waals surface area contributed by atoms with Crippen LogP contribution >= 0.6 is 0 Å². The zero-order valence-electron chi connectivity index (χ0n) is 9.39. The van der Waals surface area contributed by atoms with Crippen LogP contribution in [0.1, 0.15) is 37.1 Å². The van der Waals surface area contributed by atoms with E-state index in [1.807, 2.05) is 12.9 Å². The first-order valence-electron chi connectivity index (χ1n) is 6.02. The highest BCUT2D eigenvalue weighted by Crippen LogP contribution is 2.38. The van der Waals surface area contributed by atoms with Crippen LogP contribution in [0.3, 0.4) is 0 Å². The van der Waals surface area contributed by atoms with Crippen LogP contribution in [0.5, 0.6) is 0 Å². The van der Waals surface area contributed by atoms with Gasteiger partial charge in [-0.2, -0.15) is 0 Å². The molecule has 1 aliphatic carbocycles. The van der Waals surface area contributed by atoms with Crippen molar-refractivity contribution in [3.63, 3.8) is 0 Å². The van der Waals surface area contributed by atoms with Crippen molar-refractivity contribution in [3.05, 3.63) is 35.9 Å². The van der Waals surface area contributed by atoms with Gasteiger partial charge in [0.15, 0.2) is 0 Å². The minimum atomic E-state index is -0.226. The maximum absolute atomic E-state index is 9.93. The molecule has 1 aromatic carbocycles. The van der Waals surface area contributed by atoms with Crippen LogP contribution in [0.25, 0.3) is 0 Å². The Kier molecular flexibility index (Phi) is 3.47. The molecule has 80 valence electrons. The van der Waals surface area contributed by atoms with Gasteiger partial charge in [0.25, 0.3) is 6.92 Å². The molecule has 1 fully saturated rings. The molecule has 0 heterocycles. The van der Waals surface area contributed by atoms with Gasteiger partial charge in [0, 0.05) is 0 Å². The maximum atomic E-state index is 9.93. The predicted molar refractivity (Wildman–Crippen MR) is 65.0 cm³/mol. The summed E-state index contributed by atoms with van der Waals surface area (Å²) in [5.74, 6) is 1.03. The van der Waals surface area contributed by atoms with Gasteiger partial charge in [-0.15, -0.1) is 0 Å². The molecule has 1 atom stereocenters. The first-order chi connectivity index (χ1) is 7.29. The Morgan fingerprint density at radius 1 is 1.20 bits per heavy atom. The van der Waals surface area contributed by atoms with Crippen molar-refractivity contribution in [1.29, 1.82) is 0 Å². The average molecular weight is 202 g/mol. The van der Waals surface area contributed by atoms with Gasteiger partial charge < -0.3 is 5.02 Å². The molecule has 0 aliphatic heterocycles. The lowest BCUT2D eigenvalue weighted by Crippen LogP contribution is -2.26. The second kappa shape index (κ2) is 4.85. The Hall–Kier alpha value is -0.755. The molecule has 2 rings (SSSR count). The predicted octanol–water partition coefficient (Wildman–Crippen LogP) is 3.11. The molecule has 1 aliphatic rings. The third kappa shape index (κ3) is 2.43. The Bertz CT molecular complexity index is 291. The standard InChI is InChI=1S/C13H19BO/c1-14(15)13(12-9-5-6-10-12)11-7-3-2-4-8-11/h2-4,7-8,12-13,15H,5-6,9-10H2,1H3. The summed E-state index contributed by atoms with van der Waals surface area (Å²) in [6, 6.07) is 10.5. The van der Waals surface area contributed by atoms with Crippen LogP contribution in [-0.2, 0) is 0 Å². The topological polar surface area (TPSA) is 20.2 Å². The molecule has 2 heteroatoms. The van der Waals surface area contributed by atoms with Crippen molar-refractivity contribution in [3.8, 4) is 0 Å². The minimum absolute atomic E-state index is 0.226. The molecular formula is C13H19BO. The van der Waals surface area contributed by atoms with E-state index in [1.54, 1.807) is 0 Å². The summed E-state index contributed by atoms with van der Waals surface area (Å²) in [5.41, 5.74) is 1.31. The summed E-state index contributed by atoms with van der Waals surface area (Å²) >= 11 is 0. The molecule has 15 heavy (non-hydrogen) atoms. The van der Waals surface area contributed by atoms with E-state index < -0.39 is 0 Å².